The van der Waals surface area contributed by atoms with Crippen LogP contribution >= 0.6 is 11.3 Å². The summed E-state index contributed by atoms with van der Waals surface area (Å²) in [5.41, 5.74) is 1.33. The van der Waals surface area contributed by atoms with E-state index in [1.54, 1.807) is 0 Å². The number of fused-ring (bicyclic) bond motifs is 1. The van der Waals surface area contributed by atoms with Crippen molar-refractivity contribution in [3.8, 4) is 0 Å². The Morgan fingerprint density at radius 3 is 3.35 bits per heavy atom. The normalized spacial score (nSPS) is 22.6. The van der Waals surface area contributed by atoms with Gasteiger partial charge in [-0.05, 0) is 42.2 Å². The molecule has 2 aliphatic rings. The fourth-order valence-electron chi connectivity index (χ4n) is 2.92. The molecule has 3 rings (SSSR count). The maximum Gasteiger partial charge on any atom is 0.236 e. The van der Waals surface area contributed by atoms with E-state index in [0.29, 0.717) is 12.5 Å². The van der Waals surface area contributed by atoms with Crippen LogP contribution in [0.15, 0.2) is 11.4 Å². The highest BCUT2D eigenvalue weighted by Crippen LogP contribution is 2.23. The van der Waals surface area contributed by atoms with Crippen molar-refractivity contribution in [2.75, 3.05) is 32.8 Å². The largest absolute Gasteiger partial charge is 0.381 e. The van der Waals surface area contributed by atoms with Gasteiger partial charge < -0.3 is 15.0 Å². The number of thiophene rings is 1. The topological polar surface area (TPSA) is 41.6 Å². The van der Waals surface area contributed by atoms with Crippen LogP contribution in [0.2, 0.25) is 0 Å². The monoisotopic (exact) mass is 294 g/mol. The molecule has 3 heterocycles. The molecule has 0 aliphatic carbocycles. The van der Waals surface area contributed by atoms with E-state index in [0.717, 1.165) is 45.7 Å². The van der Waals surface area contributed by atoms with Gasteiger partial charge in [0.05, 0.1) is 13.2 Å². The second-order valence-electron chi connectivity index (χ2n) is 5.65. The smallest absolute Gasteiger partial charge is 0.236 e. The van der Waals surface area contributed by atoms with Crippen molar-refractivity contribution < 1.29 is 9.53 Å². The van der Waals surface area contributed by atoms with Crippen LogP contribution in [0.5, 0.6) is 0 Å². The lowest BCUT2D eigenvalue weighted by atomic mass is 10.0. The molecule has 0 aromatic carbocycles. The third kappa shape index (κ3) is 3.40. The van der Waals surface area contributed by atoms with Gasteiger partial charge in [-0.15, -0.1) is 11.3 Å². The second-order valence-corrected chi connectivity index (χ2v) is 6.65. The molecule has 110 valence electrons. The average molecular weight is 294 g/mol. The summed E-state index contributed by atoms with van der Waals surface area (Å²) in [6, 6.07) is 2.15. The molecule has 1 amide bonds. The summed E-state index contributed by atoms with van der Waals surface area (Å²) in [5.74, 6) is 0.792. The summed E-state index contributed by atoms with van der Waals surface area (Å²) >= 11 is 1.81. The fourth-order valence-corrected chi connectivity index (χ4v) is 3.81. The molecule has 1 aromatic rings. The number of nitrogens with zero attached hydrogens (tertiary/aromatic N) is 1. The molecule has 1 N–H and O–H groups in total. The van der Waals surface area contributed by atoms with Gasteiger partial charge >= 0.3 is 0 Å². The Bertz CT molecular complexity index is 454. The molecule has 1 atom stereocenters. The van der Waals surface area contributed by atoms with E-state index in [1.165, 1.54) is 16.9 Å². The second kappa shape index (κ2) is 6.70. The van der Waals surface area contributed by atoms with E-state index >= 15 is 0 Å². The molecular formula is C15H22N2O2S. The van der Waals surface area contributed by atoms with Gasteiger partial charge in [0, 0.05) is 31.1 Å². The Hall–Kier alpha value is -0.910. The highest BCUT2D eigenvalue weighted by Gasteiger charge is 2.21. The number of carbonyl (C=O) groups excluding carboxylic acids is 1. The molecule has 0 saturated carbocycles. The van der Waals surface area contributed by atoms with Crippen molar-refractivity contribution in [1.29, 1.82) is 0 Å². The van der Waals surface area contributed by atoms with Crippen molar-refractivity contribution >= 4 is 17.2 Å². The lowest BCUT2D eigenvalue weighted by molar-refractivity contribution is -0.131. The zero-order chi connectivity index (χ0) is 13.8. The lowest BCUT2D eigenvalue weighted by Gasteiger charge is -2.28. The SMILES string of the molecule is O=C(CNCC1CCCOC1)N1CCc2sccc2C1. The molecule has 1 fully saturated rings. The maximum absolute atomic E-state index is 12.2. The summed E-state index contributed by atoms with van der Waals surface area (Å²) in [6.07, 6.45) is 3.37. The average Bonchev–Trinajstić information content (AvgIpc) is 2.95. The number of carbonyl (C=O) groups is 1. The predicted octanol–water partition coefficient (Wildman–Crippen LogP) is 1.65. The summed E-state index contributed by atoms with van der Waals surface area (Å²) in [7, 11) is 0. The van der Waals surface area contributed by atoms with Gasteiger partial charge in [-0.1, -0.05) is 0 Å². The van der Waals surface area contributed by atoms with Gasteiger partial charge in [0.2, 0.25) is 5.91 Å². The van der Waals surface area contributed by atoms with Crippen LogP contribution in [-0.2, 0) is 22.5 Å². The highest BCUT2D eigenvalue weighted by atomic mass is 32.1. The molecule has 1 saturated heterocycles. The summed E-state index contributed by atoms with van der Waals surface area (Å²) in [5, 5.41) is 5.43. The quantitative estimate of drug-likeness (QED) is 0.918. The molecule has 1 unspecified atom stereocenters. The van der Waals surface area contributed by atoms with Gasteiger partial charge in [-0.2, -0.15) is 0 Å². The van der Waals surface area contributed by atoms with Crippen LogP contribution in [0, 0.1) is 5.92 Å². The first-order valence-corrected chi connectivity index (χ1v) is 8.32. The minimum atomic E-state index is 0.221. The minimum absolute atomic E-state index is 0.221. The van der Waals surface area contributed by atoms with E-state index in [-0.39, 0.29) is 5.91 Å². The van der Waals surface area contributed by atoms with Crippen LogP contribution in [0.1, 0.15) is 23.3 Å². The van der Waals surface area contributed by atoms with Crippen LogP contribution in [0.4, 0.5) is 0 Å². The molecule has 0 radical (unpaired) electrons. The zero-order valence-electron chi connectivity index (χ0n) is 11.8. The van der Waals surface area contributed by atoms with E-state index in [1.807, 2.05) is 16.2 Å². The Labute approximate surface area is 124 Å². The third-order valence-corrected chi connectivity index (χ3v) is 5.15. The van der Waals surface area contributed by atoms with Gasteiger partial charge in [0.1, 0.15) is 0 Å². The molecule has 1 aromatic heterocycles. The molecule has 5 heteroatoms. The van der Waals surface area contributed by atoms with Crippen molar-refractivity contribution in [3.05, 3.63) is 21.9 Å². The summed E-state index contributed by atoms with van der Waals surface area (Å²) in [4.78, 5) is 15.6. The van der Waals surface area contributed by atoms with E-state index in [2.05, 4.69) is 16.8 Å². The van der Waals surface area contributed by atoms with Crippen LogP contribution in [0.3, 0.4) is 0 Å². The van der Waals surface area contributed by atoms with Crippen molar-refractivity contribution in [1.82, 2.24) is 10.2 Å². The molecular weight excluding hydrogens is 272 g/mol. The first kappa shape index (κ1) is 14.0. The number of nitrogens with one attached hydrogen (secondary N) is 1. The van der Waals surface area contributed by atoms with E-state index < -0.39 is 0 Å². The number of hydrogen-bond donors (Lipinski definition) is 1. The van der Waals surface area contributed by atoms with E-state index in [9.17, 15) is 4.79 Å². The van der Waals surface area contributed by atoms with Gasteiger partial charge in [-0.3, -0.25) is 4.79 Å². The first-order chi connectivity index (χ1) is 9.83. The van der Waals surface area contributed by atoms with Gasteiger partial charge in [0.25, 0.3) is 0 Å². The Kier molecular flexibility index (Phi) is 4.70. The molecule has 2 aliphatic heterocycles. The summed E-state index contributed by atoms with van der Waals surface area (Å²) < 4.78 is 5.45. The molecule has 0 spiro atoms. The van der Waals surface area contributed by atoms with Crippen LogP contribution < -0.4 is 5.32 Å². The number of amides is 1. The maximum atomic E-state index is 12.2. The Morgan fingerprint density at radius 2 is 2.50 bits per heavy atom. The van der Waals surface area contributed by atoms with Crippen LogP contribution in [0.25, 0.3) is 0 Å². The number of ether oxygens (including phenoxy) is 1. The predicted molar refractivity (Wildman–Crippen MR) is 79.9 cm³/mol. The molecule has 20 heavy (non-hydrogen) atoms. The zero-order valence-corrected chi connectivity index (χ0v) is 12.6. The number of rotatable bonds is 4. The Balaban J connectivity index is 1.41. The lowest BCUT2D eigenvalue weighted by Crippen LogP contribution is -2.42. The van der Waals surface area contributed by atoms with Crippen molar-refractivity contribution in [2.24, 2.45) is 5.92 Å². The first-order valence-electron chi connectivity index (χ1n) is 7.44. The Morgan fingerprint density at radius 1 is 1.55 bits per heavy atom. The fraction of sp³-hybridized carbons (Fsp3) is 0.667. The number of hydrogen-bond acceptors (Lipinski definition) is 4. The highest BCUT2D eigenvalue weighted by molar-refractivity contribution is 7.10. The minimum Gasteiger partial charge on any atom is -0.381 e. The summed E-state index contributed by atoms with van der Waals surface area (Å²) in [6.45, 7) is 4.72. The standard InChI is InChI=1S/C15H22N2O2S/c18-15(9-16-8-12-2-1-6-19-11-12)17-5-3-14-13(10-17)4-7-20-14/h4,7,12,16H,1-3,5-6,8-11H2. The van der Waals surface area contributed by atoms with Gasteiger partial charge in [-0.25, -0.2) is 0 Å². The van der Waals surface area contributed by atoms with Gasteiger partial charge in [0.15, 0.2) is 0 Å². The molecule has 0 bridgehead atoms. The van der Waals surface area contributed by atoms with Crippen molar-refractivity contribution in [2.45, 2.75) is 25.8 Å². The van der Waals surface area contributed by atoms with Crippen molar-refractivity contribution in [3.63, 3.8) is 0 Å². The van der Waals surface area contributed by atoms with E-state index in [4.69, 9.17) is 4.74 Å². The van der Waals surface area contributed by atoms with Crippen LogP contribution in [-0.4, -0.2) is 43.7 Å². The molecule has 4 nitrogen and oxygen atoms in total. The third-order valence-electron chi connectivity index (χ3n) is 4.12.